The minimum atomic E-state index is 0.274. The molecule has 1 aliphatic rings. The number of hydrogen-bond donors (Lipinski definition) is 1. The van der Waals surface area contributed by atoms with E-state index in [2.05, 4.69) is 65.6 Å². The van der Waals surface area contributed by atoms with Crippen molar-refractivity contribution in [2.24, 2.45) is 5.41 Å². The van der Waals surface area contributed by atoms with Gasteiger partial charge in [-0.25, -0.2) is 0 Å². The second-order valence-corrected chi connectivity index (χ2v) is 8.61. The van der Waals surface area contributed by atoms with Crippen molar-refractivity contribution < 1.29 is 0 Å². The molecule has 1 aliphatic heterocycles. The summed E-state index contributed by atoms with van der Waals surface area (Å²) in [4.78, 5) is 2.81. The van der Waals surface area contributed by atoms with Gasteiger partial charge in [-0.2, -0.15) is 0 Å². The largest absolute Gasteiger partial charge is 0.308 e. The summed E-state index contributed by atoms with van der Waals surface area (Å²) >= 11 is 0. The monoisotopic (exact) mass is 282 g/mol. The Bertz CT molecular complexity index is 297. The van der Waals surface area contributed by atoms with Crippen molar-refractivity contribution >= 4 is 0 Å². The molecule has 1 heterocycles. The Morgan fingerprint density at radius 1 is 1.05 bits per heavy atom. The van der Waals surface area contributed by atoms with Crippen molar-refractivity contribution in [2.75, 3.05) is 13.1 Å². The second-order valence-electron chi connectivity index (χ2n) is 8.61. The van der Waals surface area contributed by atoms with Crippen LogP contribution in [-0.4, -0.2) is 35.1 Å². The highest BCUT2D eigenvalue weighted by Gasteiger charge is 2.43. The number of nitrogens with one attached hydrogen (secondary N) is 1. The third kappa shape index (κ3) is 4.21. The van der Waals surface area contributed by atoms with Gasteiger partial charge in [-0.3, -0.25) is 4.90 Å². The summed E-state index contributed by atoms with van der Waals surface area (Å²) in [7, 11) is 0. The van der Waals surface area contributed by atoms with Gasteiger partial charge in [-0.1, -0.05) is 41.5 Å². The molecule has 0 amide bonds. The fraction of sp³-hybridized carbons (Fsp3) is 1.00. The molecule has 120 valence electrons. The molecule has 0 spiro atoms. The van der Waals surface area contributed by atoms with Crippen LogP contribution in [0.5, 0.6) is 0 Å². The van der Waals surface area contributed by atoms with Gasteiger partial charge >= 0.3 is 0 Å². The molecule has 20 heavy (non-hydrogen) atoms. The van der Waals surface area contributed by atoms with Crippen LogP contribution in [0.2, 0.25) is 0 Å². The fourth-order valence-electron chi connectivity index (χ4n) is 4.15. The topological polar surface area (TPSA) is 15.3 Å². The lowest BCUT2D eigenvalue weighted by Gasteiger charge is -2.54. The molecular weight excluding hydrogens is 244 g/mol. The number of rotatable bonds is 5. The van der Waals surface area contributed by atoms with Gasteiger partial charge in [0.2, 0.25) is 0 Å². The van der Waals surface area contributed by atoms with Crippen LogP contribution in [0, 0.1) is 5.41 Å². The normalized spacial score (nSPS) is 24.9. The van der Waals surface area contributed by atoms with Crippen molar-refractivity contribution in [1.82, 2.24) is 10.2 Å². The van der Waals surface area contributed by atoms with E-state index in [1.54, 1.807) is 0 Å². The van der Waals surface area contributed by atoms with Gasteiger partial charge in [0, 0.05) is 30.2 Å². The van der Waals surface area contributed by atoms with Crippen LogP contribution in [0.15, 0.2) is 0 Å². The van der Waals surface area contributed by atoms with E-state index >= 15 is 0 Å². The van der Waals surface area contributed by atoms with Crippen molar-refractivity contribution in [3.05, 3.63) is 0 Å². The molecule has 0 aromatic heterocycles. The van der Waals surface area contributed by atoms with E-state index < -0.39 is 0 Å². The Balaban J connectivity index is 2.96. The predicted molar refractivity (Wildman–Crippen MR) is 90.3 cm³/mol. The Hall–Kier alpha value is -0.0800. The molecule has 0 saturated carbocycles. The van der Waals surface area contributed by atoms with Crippen LogP contribution < -0.4 is 5.32 Å². The third-order valence-corrected chi connectivity index (χ3v) is 5.19. The number of piperazine rings is 1. The molecule has 0 aromatic carbocycles. The van der Waals surface area contributed by atoms with Crippen molar-refractivity contribution in [2.45, 2.75) is 98.2 Å². The Labute approximate surface area is 127 Å². The SMILES string of the molecule is CCC1CNC(CC)(CC)CN1C(C)(C)CC(C)(C)C. The molecule has 0 radical (unpaired) electrons. The lowest BCUT2D eigenvalue weighted by atomic mass is 9.77. The zero-order valence-electron chi connectivity index (χ0n) is 15.3. The maximum atomic E-state index is 3.86. The first-order valence-corrected chi connectivity index (χ1v) is 8.61. The van der Waals surface area contributed by atoms with Gasteiger partial charge in [-0.15, -0.1) is 0 Å². The van der Waals surface area contributed by atoms with E-state index in [9.17, 15) is 0 Å². The van der Waals surface area contributed by atoms with Gasteiger partial charge in [-0.05, 0) is 44.9 Å². The fourth-order valence-corrected chi connectivity index (χ4v) is 4.15. The average molecular weight is 283 g/mol. The van der Waals surface area contributed by atoms with Crippen LogP contribution in [0.4, 0.5) is 0 Å². The van der Waals surface area contributed by atoms with E-state index in [-0.39, 0.29) is 5.54 Å². The maximum absolute atomic E-state index is 3.86. The van der Waals surface area contributed by atoms with E-state index in [1.807, 2.05) is 0 Å². The minimum Gasteiger partial charge on any atom is -0.308 e. The molecular formula is C18H38N2. The summed E-state index contributed by atoms with van der Waals surface area (Å²) in [5, 5.41) is 3.86. The summed E-state index contributed by atoms with van der Waals surface area (Å²) in [6.07, 6.45) is 4.94. The van der Waals surface area contributed by atoms with Gasteiger partial charge in [0.1, 0.15) is 0 Å². The Morgan fingerprint density at radius 3 is 2.00 bits per heavy atom. The smallest absolute Gasteiger partial charge is 0.0304 e. The lowest BCUT2D eigenvalue weighted by molar-refractivity contribution is -0.0224. The second kappa shape index (κ2) is 6.36. The molecule has 0 bridgehead atoms. The average Bonchev–Trinajstić information content (AvgIpc) is 2.35. The molecule has 2 nitrogen and oxygen atoms in total. The van der Waals surface area contributed by atoms with Crippen LogP contribution >= 0.6 is 0 Å². The molecule has 0 aromatic rings. The maximum Gasteiger partial charge on any atom is 0.0304 e. The quantitative estimate of drug-likeness (QED) is 0.802. The van der Waals surface area contributed by atoms with Crippen LogP contribution in [-0.2, 0) is 0 Å². The van der Waals surface area contributed by atoms with Crippen molar-refractivity contribution in [3.8, 4) is 0 Å². The zero-order chi connectivity index (χ0) is 15.6. The van der Waals surface area contributed by atoms with Crippen LogP contribution in [0.1, 0.15) is 81.1 Å². The Kier molecular flexibility index (Phi) is 5.71. The third-order valence-electron chi connectivity index (χ3n) is 5.19. The first-order valence-electron chi connectivity index (χ1n) is 8.61. The van der Waals surface area contributed by atoms with Gasteiger partial charge in [0.15, 0.2) is 0 Å². The van der Waals surface area contributed by atoms with Crippen LogP contribution in [0.25, 0.3) is 0 Å². The molecule has 1 rings (SSSR count). The lowest BCUT2D eigenvalue weighted by Crippen LogP contribution is -2.68. The van der Waals surface area contributed by atoms with Crippen molar-refractivity contribution in [3.63, 3.8) is 0 Å². The number of hydrogen-bond acceptors (Lipinski definition) is 2. The van der Waals surface area contributed by atoms with Gasteiger partial charge < -0.3 is 5.32 Å². The van der Waals surface area contributed by atoms with Crippen LogP contribution in [0.3, 0.4) is 0 Å². The Morgan fingerprint density at radius 2 is 1.60 bits per heavy atom. The minimum absolute atomic E-state index is 0.274. The summed E-state index contributed by atoms with van der Waals surface area (Å²) in [5.41, 5.74) is 0.977. The summed E-state index contributed by atoms with van der Waals surface area (Å²) in [6.45, 7) is 21.3. The molecule has 1 atom stereocenters. The standard InChI is InChI=1S/C18H38N2/c1-9-15-12-19-18(10-2,11-3)14-20(15)17(7,8)13-16(4,5)6/h15,19H,9-14H2,1-8H3. The van der Waals surface area contributed by atoms with Gasteiger partial charge in [0.05, 0.1) is 0 Å². The highest BCUT2D eigenvalue weighted by atomic mass is 15.3. The summed E-state index contributed by atoms with van der Waals surface area (Å²) < 4.78 is 0. The molecule has 0 aliphatic carbocycles. The molecule has 1 fully saturated rings. The first-order chi connectivity index (χ1) is 9.09. The summed E-state index contributed by atoms with van der Waals surface area (Å²) in [6, 6.07) is 0.679. The molecule has 2 heteroatoms. The molecule has 1 N–H and O–H groups in total. The van der Waals surface area contributed by atoms with Crippen molar-refractivity contribution in [1.29, 1.82) is 0 Å². The number of nitrogens with zero attached hydrogens (tertiary/aromatic N) is 1. The van der Waals surface area contributed by atoms with Gasteiger partial charge in [0.25, 0.3) is 0 Å². The molecule has 1 saturated heterocycles. The van der Waals surface area contributed by atoms with E-state index in [0.717, 1.165) is 6.54 Å². The highest BCUT2D eigenvalue weighted by Crippen LogP contribution is 2.36. The van der Waals surface area contributed by atoms with E-state index in [0.29, 0.717) is 17.0 Å². The first kappa shape index (κ1) is 18.0. The highest BCUT2D eigenvalue weighted by molar-refractivity contribution is 5.01. The van der Waals surface area contributed by atoms with E-state index in [1.165, 1.54) is 32.2 Å². The molecule has 1 unspecified atom stereocenters. The summed E-state index contributed by atoms with van der Waals surface area (Å²) in [5.74, 6) is 0. The van der Waals surface area contributed by atoms with E-state index in [4.69, 9.17) is 0 Å². The predicted octanol–water partition coefficient (Wildman–Crippen LogP) is 4.44. The zero-order valence-corrected chi connectivity index (χ0v) is 15.3.